The lowest BCUT2D eigenvalue weighted by atomic mass is 10.0. The first kappa shape index (κ1) is 79.7. The molecule has 9 heteroatoms. The Morgan fingerprint density at radius 3 is 1.02 bits per heavy atom. The molecule has 0 aliphatic rings. The molecule has 0 saturated heterocycles. The number of hydrogen-bond acceptors (Lipinski definition) is 6. The van der Waals surface area contributed by atoms with Crippen LogP contribution >= 0.6 is 7.82 Å². The Bertz CT molecular complexity index is 1410. The van der Waals surface area contributed by atoms with E-state index in [-0.39, 0.29) is 19.1 Å². The zero-order valence-corrected chi connectivity index (χ0v) is 55.9. The van der Waals surface area contributed by atoms with Gasteiger partial charge in [0.05, 0.1) is 39.9 Å². The van der Waals surface area contributed by atoms with Crippen molar-refractivity contribution < 1.29 is 32.9 Å². The molecule has 0 saturated carbocycles. The number of aliphatic hydroxyl groups excluding tert-OH is 1. The van der Waals surface area contributed by atoms with E-state index in [9.17, 15) is 19.4 Å². The molecule has 8 nitrogen and oxygen atoms in total. The van der Waals surface area contributed by atoms with Gasteiger partial charge in [0.15, 0.2) is 0 Å². The second-order valence-electron chi connectivity index (χ2n) is 25.9. The third-order valence-electron chi connectivity index (χ3n) is 16.6. The molecule has 1 amide bonds. The highest BCUT2D eigenvalue weighted by Crippen LogP contribution is 2.38. The molecule has 0 bridgehead atoms. The van der Waals surface area contributed by atoms with Crippen molar-refractivity contribution in [1.29, 1.82) is 0 Å². The van der Waals surface area contributed by atoms with Crippen LogP contribution in [0.1, 0.15) is 367 Å². The Balaban J connectivity index is 4.04. The van der Waals surface area contributed by atoms with Crippen molar-refractivity contribution in [3.8, 4) is 0 Å². The second kappa shape index (κ2) is 63.2. The lowest BCUT2D eigenvalue weighted by Crippen LogP contribution is -2.45. The molecule has 2 N–H and O–H groups in total. The minimum atomic E-state index is -4.60. The lowest BCUT2D eigenvalue weighted by Gasteiger charge is -2.29. The molecule has 0 aromatic rings. The number of nitrogens with one attached hydrogen (secondary N) is 1. The molecular weight excluding hydrogens is 1020 g/mol. The second-order valence-corrected chi connectivity index (χ2v) is 27.4. The maximum Gasteiger partial charge on any atom is 0.268 e. The Morgan fingerprint density at radius 2 is 0.716 bits per heavy atom. The van der Waals surface area contributed by atoms with Gasteiger partial charge in [-0.25, -0.2) is 0 Å². The molecule has 480 valence electrons. The highest BCUT2D eigenvalue weighted by atomic mass is 31.2. The third-order valence-corrected chi connectivity index (χ3v) is 17.6. The first-order valence-electron chi connectivity index (χ1n) is 35.9. The van der Waals surface area contributed by atoms with Crippen LogP contribution in [0.25, 0.3) is 0 Å². The fourth-order valence-corrected chi connectivity index (χ4v) is 11.7. The Hall–Kier alpha value is -1.28. The number of unbranched alkanes of at least 4 members (excludes halogenated alkanes) is 50. The summed E-state index contributed by atoms with van der Waals surface area (Å²) < 4.78 is 23.5. The van der Waals surface area contributed by atoms with Crippen LogP contribution in [0, 0.1) is 0 Å². The fraction of sp³-hybridized carbons (Fsp3) is 0.903. The minimum Gasteiger partial charge on any atom is -0.756 e. The van der Waals surface area contributed by atoms with Crippen molar-refractivity contribution >= 4 is 13.7 Å². The number of carbonyl (C=O) groups excluding carboxylic acids is 1. The van der Waals surface area contributed by atoms with Gasteiger partial charge in [-0.15, -0.1) is 0 Å². The Morgan fingerprint density at radius 1 is 0.432 bits per heavy atom. The monoisotopic (exact) mass is 1160 g/mol. The quantitative estimate of drug-likeness (QED) is 0.0272. The summed E-state index contributed by atoms with van der Waals surface area (Å²) in [6.45, 7) is 4.70. The number of amides is 1. The molecule has 0 aliphatic carbocycles. The number of phosphoric ester groups is 1. The highest BCUT2D eigenvalue weighted by Gasteiger charge is 2.23. The molecule has 0 radical (unpaired) electrons. The van der Waals surface area contributed by atoms with Gasteiger partial charge in [-0.05, 0) is 51.4 Å². The molecule has 0 spiro atoms. The molecule has 3 unspecified atom stereocenters. The van der Waals surface area contributed by atoms with Gasteiger partial charge in [0, 0.05) is 6.42 Å². The van der Waals surface area contributed by atoms with Gasteiger partial charge in [0.25, 0.3) is 7.82 Å². The highest BCUT2D eigenvalue weighted by molar-refractivity contribution is 7.45. The van der Waals surface area contributed by atoms with E-state index in [1.165, 1.54) is 302 Å². The summed E-state index contributed by atoms with van der Waals surface area (Å²) in [5, 5.41) is 14.0. The number of nitrogens with zero attached hydrogens (tertiary/aromatic N) is 1. The van der Waals surface area contributed by atoms with E-state index in [1.54, 1.807) is 6.08 Å². The summed E-state index contributed by atoms with van der Waals surface area (Å²) in [6.07, 6.45) is 84.1. The normalized spacial score (nSPS) is 13.8. The van der Waals surface area contributed by atoms with E-state index in [1.807, 2.05) is 27.2 Å². The largest absolute Gasteiger partial charge is 0.756 e. The smallest absolute Gasteiger partial charge is 0.268 e. The van der Waals surface area contributed by atoms with Crippen LogP contribution in [0.5, 0.6) is 0 Å². The van der Waals surface area contributed by atoms with Crippen molar-refractivity contribution in [1.82, 2.24) is 5.32 Å². The zero-order chi connectivity index (χ0) is 59.1. The maximum atomic E-state index is 13.0. The molecule has 3 atom stereocenters. The summed E-state index contributed by atoms with van der Waals surface area (Å²) in [5.41, 5.74) is 0. The topological polar surface area (TPSA) is 108 Å². The summed E-state index contributed by atoms with van der Waals surface area (Å²) in [7, 11) is 1.28. The maximum absolute atomic E-state index is 13.0. The lowest BCUT2D eigenvalue weighted by molar-refractivity contribution is -0.870. The number of likely N-dealkylation sites (N-methyl/N-ethyl adjacent to an activating group) is 1. The van der Waals surface area contributed by atoms with Gasteiger partial charge < -0.3 is 28.8 Å². The van der Waals surface area contributed by atoms with Crippen molar-refractivity contribution in [3.63, 3.8) is 0 Å². The number of aliphatic hydroxyl groups is 1. The fourth-order valence-electron chi connectivity index (χ4n) is 11.0. The van der Waals surface area contributed by atoms with Crippen LogP contribution in [0.4, 0.5) is 0 Å². The molecule has 0 rings (SSSR count). The number of carbonyl (C=O) groups is 1. The summed E-state index contributed by atoms with van der Waals surface area (Å²) in [5.74, 6) is -0.190. The minimum absolute atomic E-state index is 0.000832. The van der Waals surface area contributed by atoms with Crippen LogP contribution in [0.15, 0.2) is 36.5 Å². The van der Waals surface area contributed by atoms with E-state index < -0.39 is 20.0 Å². The summed E-state index contributed by atoms with van der Waals surface area (Å²) in [6, 6.07) is -0.887. The predicted molar refractivity (Wildman–Crippen MR) is 353 cm³/mol. The Labute approximate surface area is 506 Å². The number of hydrogen-bond donors (Lipinski definition) is 2. The molecule has 0 aromatic heterocycles. The standard InChI is InChI=1S/C72H141N2O6P/c1-6-8-10-12-14-16-18-20-22-24-26-28-30-32-34-36-38-39-41-43-45-47-49-51-53-55-57-59-61-63-65-71(75)70(69-80-81(77,78)79-68-67-74(3,4)5)73-72(76)66-64-62-60-58-56-54-52-50-48-46-44-42-40-37-35-33-31-29-27-25-23-21-19-17-15-13-11-9-7-2/h19,21,25,27,63,65,70-71,75H,6-18,20,22-24,26,28-62,64,66-69H2,1-5H3,(H-,73,76,77,78)/b21-19-,27-25-,65-63+. The Kier molecular flexibility index (Phi) is 62.2. The third kappa shape index (κ3) is 66.1. The van der Waals surface area contributed by atoms with E-state index in [4.69, 9.17) is 9.05 Å². The van der Waals surface area contributed by atoms with Crippen LogP contribution in [0.3, 0.4) is 0 Å². The van der Waals surface area contributed by atoms with Crippen molar-refractivity contribution in [2.24, 2.45) is 0 Å². The molecule has 81 heavy (non-hydrogen) atoms. The van der Waals surface area contributed by atoms with E-state index in [2.05, 4.69) is 43.5 Å². The van der Waals surface area contributed by atoms with Gasteiger partial charge in [-0.2, -0.15) is 0 Å². The molecule has 0 aromatic carbocycles. The predicted octanol–water partition coefficient (Wildman–Crippen LogP) is 22.2. The summed E-state index contributed by atoms with van der Waals surface area (Å²) in [4.78, 5) is 25.6. The van der Waals surface area contributed by atoms with Crippen LogP contribution < -0.4 is 10.2 Å². The van der Waals surface area contributed by atoms with E-state index in [0.717, 1.165) is 44.9 Å². The number of phosphoric acid groups is 1. The first-order chi connectivity index (χ1) is 39.5. The molecule has 0 fully saturated rings. The molecule has 0 aliphatic heterocycles. The van der Waals surface area contributed by atoms with E-state index >= 15 is 0 Å². The van der Waals surface area contributed by atoms with Crippen LogP contribution in [-0.4, -0.2) is 68.5 Å². The van der Waals surface area contributed by atoms with Gasteiger partial charge in [-0.1, -0.05) is 346 Å². The van der Waals surface area contributed by atoms with Crippen LogP contribution in [0.2, 0.25) is 0 Å². The van der Waals surface area contributed by atoms with Crippen molar-refractivity contribution in [3.05, 3.63) is 36.5 Å². The summed E-state index contributed by atoms with van der Waals surface area (Å²) >= 11 is 0. The van der Waals surface area contributed by atoms with Crippen molar-refractivity contribution in [2.45, 2.75) is 379 Å². The van der Waals surface area contributed by atoms with Gasteiger partial charge in [-0.3, -0.25) is 9.36 Å². The molecular formula is C72H141N2O6P. The SMILES string of the molecule is CCCCCCC/C=C\C/C=C\CCCCCCCCCCCCCCCCCCCC(=O)NC(COP(=O)([O-])OCC[N+](C)(C)C)C(O)/C=C/CCCCCCCCCCCCCCCCCCCCCCCCCCCCCC. The van der Waals surface area contributed by atoms with Crippen molar-refractivity contribution in [2.75, 3.05) is 40.9 Å². The number of quaternary nitrogens is 1. The van der Waals surface area contributed by atoms with E-state index in [0.29, 0.717) is 17.4 Å². The molecule has 0 heterocycles. The number of allylic oxidation sites excluding steroid dienone is 5. The average Bonchev–Trinajstić information content (AvgIpc) is 3.43. The number of rotatable bonds is 67. The first-order valence-corrected chi connectivity index (χ1v) is 37.3. The van der Waals surface area contributed by atoms with Gasteiger partial charge in [0.1, 0.15) is 13.2 Å². The zero-order valence-electron chi connectivity index (χ0n) is 55.0. The van der Waals surface area contributed by atoms with Gasteiger partial charge in [0.2, 0.25) is 5.91 Å². The van der Waals surface area contributed by atoms with Gasteiger partial charge >= 0.3 is 0 Å². The van der Waals surface area contributed by atoms with Crippen LogP contribution in [-0.2, 0) is 18.4 Å². The average molecular weight is 1160 g/mol.